The molecule has 1 heterocycles. The van der Waals surface area contributed by atoms with Crippen LogP contribution in [-0.2, 0) is 0 Å². The standard InChI is InChI=1S/C12H24N2/c1-6-8-9-14-11(4)10(3)13(7-2)12(14)5/h12H,6-9H2,1-5H3. The molecule has 0 fully saturated rings. The maximum atomic E-state index is 2.53. The Hall–Kier alpha value is -0.660. The van der Waals surface area contributed by atoms with Gasteiger partial charge in [-0.3, -0.25) is 0 Å². The molecule has 1 aliphatic rings. The second-order valence-electron chi connectivity index (χ2n) is 4.14. The van der Waals surface area contributed by atoms with Crippen LogP contribution in [-0.4, -0.2) is 29.1 Å². The molecule has 82 valence electrons. The molecule has 2 nitrogen and oxygen atoms in total. The van der Waals surface area contributed by atoms with Crippen LogP contribution in [0.4, 0.5) is 0 Å². The predicted octanol–water partition coefficient (Wildman–Crippen LogP) is 3.02. The summed E-state index contributed by atoms with van der Waals surface area (Å²) in [6.45, 7) is 13.6. The third-order valence-electron chi connectivity index (χ3n) is 3.38. The van der Waals surface area contributed by atoms with Crippen molar-refractivity contribution in [2.24, 2.45) is 0 Å². The van der Waals surface area contributed by atoms with Crippen molar-refractivity contribution in [3.05, 3.63) is 11.4 Å². The molecule has 0 N–H and O–H groups in total. The van der Waals surface area contributed by atoms with Crippen LogP contribution in [0, 0.1) is 0 Å². The van der Waals surface area contributed by atoms with Crippen LogP contribution in [0.5, 0.6) is 0 Å². The zero-order valence-electron chi connectivity index (χ0n) is 10.3. The molecule has 0 bridgehead atoms. The van der Waals surface area contributed by atoms with Crippen LogP contribution in [0.3, 0.4) is 0 Å². The Balaban J connectivity index is 2.69. The summed E-state index contributed by atoms with van der Waals surface area (Å²) in [5.41, 5.74) is 2.92. The molecular formula is C12H24N2. The number of rotatable bonds is 4. The zero-order valence-corrected chi connectivity index (χ0v) is 10.3. The van der Waals surface area contributed by atoms with Gasteiger partial charge in [0.2, 0.25) is 0 Å². The van der Waals surface area contributed by atoms with E-state index in [1.165, 1.54) is 30.8 Å². The van der Waals surface area contributed by atoms with Crippen molar-refractivity contribution in [1.29, 1.82) is 0 Å². The first-order chi connectivity index (χ1) is 6.63. The molecule has 1 unspecified atom stereocenters. The summed E-state index contributed by atoms with van der Waals surface area (Å²) >= 11 is 0. The van der Waals surface area contributed by atoms with E-state index in [2.05, 4.69) is 44.4 Å². The Kier molecular flexibility index (Phi) is 3.85. The average molecular weight is 196 g/mol. The lowest BCUT2D eigenvalue weighted by Gasteiger charge is -2.31. The van der Waals surface area contributed by atoms with Gasteiger partial charge in [-0.25, -0.2) is 0 Å². The van der Waals surface area contributed by atoms with Gasteiger partial charge in [-0.05, 0) is 34.1 Å². The highest BCUT2D eigenvalue weighted by Gasteiger charge is 2.28. The molecule has 0 aromatic heterocycles. The van der Waals surface area contributed by atoms with Gasteiger partial charge in [0.25, 0.3) is 0 Å². The maximum absolute atomic E-state index is 2.53. The predicted molar refractivity (Wildman–Crippen MR) is 61.8 cm³/mol. The van der Waals surface area contributed by atoms with Crippen LogP contribution in [0.1, 0.15) is 47.5 Å². The second-order valence-corrected chi connectivity index (χ2v) is 4.14. The van der Waals surface area contributed by atoms with Gasteiger partial charge in [-0.2, -0.15) is 0 Å². The van der Waals surface area contributed by atoms with Gasteiger partial charge in [-0.15, -0.1) is 0 Å². The Bertz CT molecular complexity index is 220. The van der Waals surface area contributed by atoms with Crippen molar-refractivity contribution in [2.45, 2.75) is 53.6 Å². The van der Waals surface area contributed by atoms with Crippen LogP contribution >= 0.6 is 0 Å². The Morgan fingerprint density at radius 3 is 2.07 bits per heavy atom. The Morgan fingerprint density at radius 1 is 1.07 bits per heavy atom. The lowest BCUT2D eigenvalue weighted by Crippen LogP contribution is -2.38. The largest absolute Gasteiger partial charge is 0.354 e. The number of hydrogen-bond donors (Lipinski definition) is 0. The van der Waals surface area contributed by atoms with Crippen molar-refractivity contribution in [3.63, 3.8) is 0 Å². The monoisotopic (exact) mass is 196 g/mol. The van der Waals surface area contributed by atoms with Crippen LogP contribution in [0.15, 0.2) is 11.4 Å². The molecule has 0 aromatic rings. The molecule has 0 aromatic carbocycles. The minimum atomic E-state index is 0.562. The Morgan fingerprint density at radius 2 is 1.64 bits per heavy atom. The fourth-order valence-corrected chi connectivity index (χ4v) is 2.33. The quantitative estimate of drug-likeness (QED) is 0.682. The van der Waals surface area contributed by atoms with E-state index in [1.807, 2.05) is 0 Å². The minimum absolute atomic E-state index is 0.562. The first-order valence-corrected chi connectivity index (χ1v) is 5.84. The number of hydrogen-bond acceptors (Lipinski definition) is 2. The normalized spacial score (nSPS) is 22.5. The van der Waals surface area contributed by atoms with Crippen LogP contribution in [0.25, 0.3) is 0 Å². The van der Waals surface area contributed by atoms with E-state index in [0.29, 0.717) is 6.17 Å². The van der Waals surface area contributed by atoms with Gasteiger partial charge in [0.15, 0.2) is 0 Å². The number of nitrogens with zero attached hydrogens (tertiary/aromatic N) is 2. The number of allylic oxidation sites excluding steroid dienone is 2. The highest BCUT2D eigenvalue weighted by Crippen LogP contribution is 2.28. The molecule has 0 saturated carbocycles. The second kappa shape index (κ2) is 4.72. The van der Waals surface area contributed by atoms with Crippen molar-refractivity contribution in [2.75, 3.05) is 13.1 Å². The van der Waals surface area contributed by atoms with Gasteiger partial charge >= 0.3 is 0 Å². The molecule has 2 heteroatoms. The first kappa shape index (κ1) is 11.4. The molecule has 1 atom stereocenters. The minimum Gasteiger partial charge on any atom is -0.354 e. The average Bonchev–Trinajstić information content (AvgIpc) is 2.37. The molecular weight excluding hydrogens is 172 g/mol. The molecule has 1 aliphatic heterocycles. The van der Waals surface area contributed by atoms with Crippen molar-refractivity contribution < 1.29 is 0 Å². The van der Waals surface area contributed by atoms with Crippen molar-refractivity contribution in [1.82, 2.24) is 9.80 Å². The zero-order chi connectivity index (χ0) is 10.7. The number of unbranched alkanes of at least 4 members (excludes halogenated alkanes) is 1. The maximum Gasteiger partial charge on any atom is 0.0982 e. The van der Waals surface area contributed by atoms with E-state index >= 15 is 0 Å². The van der Waals surface area contributed by atoms with E-state index in [-0.39, 0.29) is 0 Å². The molecule has 14 heavy (non-hydrogen) atoms. The van der Waals surface area contributed by atoms with Crippen molar-refractivity contribution in [3.8, 4) is 0 Å². The molecule has 0 saturated heterocycles. The van der Waals surface area contributed by atoms with E-state index in [9.17, 15) is 0 Å². The van der Waals surface area contributed by atoms with Gasteiger partial charge in [0.05, 0.1) is 6.17 Å². The highest BCUT2D eigenvalue weighted by atomic mass is 15.4. The molecule has 0 aliphatic carbocycles. The van der Waals surface area contributed by atoms with Crippen molar-refractivity contribution >= 4 is 0 Å². The summed E-state index contributed by atoms with van der Waals surface area (Å²) < 4.78 is 0. The van der Waals surface area contributed by atoms with E-state index in [4.69, 9.17) is 0 Å². The lowest BCUT2D eigenvalue weighted by molar-refractivity contribution is 0.159. The summed E-state index contributed by atoms with van der Waals surface area (Å²) in [7, 11) is 0. The van der Waals surface area contributed by atoms with Gasteiger partial charge in [0.1, 0.15) is 0 Å². The van der Waals surface area contributed by atoms with E-state index in [0.717, 1.165) is 6.54 Å². The summed E-state index contributed by atoms with van der Waals surface area (Å²) in [5, 5.41) is 0. The summed E-state index contributed by atoms with van der Waals surface area (Å²) in [6, 6.07) is 0. The van der Waals surface area contributed by atoms with Crippen LogP contribution in [0.2, 0.25) is 0 Å². The lowest BCUT2D eigenvalue weighted by atomic mass is 10.3. The van der Waals surface area contributed by atoms with Gasteiger partial charge < -0.3 is 9.80 Å². The summed E-state index contributed by atoms with van der Waals surface area (Å²) in [4.78, 5) is 5.01. The van der Waals surface area contributed by atoms with E-state index < -0.39 is 0 Å². The molecule has 0 spiro atoms. The van der Waals surface area contributed by atoms with Gasteiger partial charge in [0, 0.05) is 24.5 Å². The summed E-state index contributed by atoms with van der Waals surface area (Å²) in [5.74, 6) is 0. The smallest absolute Gasteiger partial charge is 0.0982 e. The topological polar surface area (TPSA) is 6.48 Å². The Labute approximate surface area is 88.6 Å². The fraction of sp³-hybridized carbons (Fsp3) is 0.833. The fourth-order valence-electron chi connectivity index (χ4n) is 2.33. The molecule has 0 radical (unpaired) electrons. The molecule has 1 rings (SSSR count). The SMILES string of the molecule is CCCCN1C(C)=C(C)N(CC)C1C. The third kappa shape index (κ3) is 1.89. The first-order valence-electron chi connectivity index (χ1n) is 5.84. The summed E-state index contributed by atoms with van der Waals surface area (Å²) in [6.07, 6.45) is 3.14. The highest BCUT2D eigenvalue weighted by molar-refractivity contribution is 5.15. The van der Waals surface area contributed by atoms with E-state index in [1.54, 1.807) is 0 Å². The van der Waals surface area contributed by atoms with Gasteiger partial charge in [-0.1, -0.05) is 13.3 Å². The third-order valence-corrected chi connectivity index (χ3v) is 3.38. The van der Waals surface area contributed by atoms with Crippen LogP contribution < -0.4 is 0 Å². The molecule has 0 amide bonds.